The second kappa shape index (κ2) is 7.28. The van der Waals surface area contributed by atoms with Gasteiger partial charge in [0.1, 0.15) is 13.2 Å². The van der Waals surface area contributed by atoms with E-state index in [0.717, 1.165) is 19.4 Å². The maximum Gasteiger partial charge on any atom is 0.251 e. The summed E-state index contributed by atoms with van der Waals surface area (Å²) in [6, 6.07) is 14.4. The van der Waals surface area contributed by atoms with Gasteiger partial charge in [0.05, 0.1) is 0 Å². The number of ether oxygens (including phenoxy) is 2. The Hall–Kier alpha value is -2.69. The molecule has 136 valence electrons. The highest BCUT2D eigenvalue weighted by atomic mass is 16.6. The summed E-state index contributed by atoms with van der Waals surface area (Å²) in [7, 11) is 0. The summed E-state index contributed by atoms with van der Waals surface area (Å²) in [6.07, 6.45) is 2.01. The summed E-state index contributed by atoms with van der Waals surface area (Å²) in [4.78, 5) is 14.8. The first-order valence-electron chi connectivity index (χ1n) is 9.25. The molecule has 2 heterocycles. The van der Waals surface area contributed by atoms with Crippen molar-refractivity contribution < 1.29 is 14.3 Å². The first-order valence-corrected chi connectivity index (χ1v) is 9.25. The molecule has 1 amide bonds. The van der Waals surface area contributed by atoms with Gasteiger partial charge in [-0.3, -0.25) is 4.79 Å². The fraction of sp³-hybridized carbons (Fsp3) is 0.381. The van der Waals surface area contributed by atoms with Crippen LogP contribution in [0.2, 0.25) is 0 Å². The number of carbonyl (C=O) groups excluding carboxylic acids is 1. The fourth-order valence-electron chi connectivity index (χ4n) is 3.71. The highest BCUT2D eigenvalue weighted by Gasteiger charge is 2.24. The molecule has 0 unspecified atom stereocenters. The van der Waals surface area contributed by atoms with Crippen LogP contribution in [0.3, 0.4) is 0 Å². The minimum absolute atomic E-state index is 0.0724. The first-order chi connectivity index (χ1) is 12.7. The Kier molecular flexibility index (Phi) is 4.69. The average Bonchev–Trinajstić information content (AvgIpc) is 3.00. The zero-order chi connectivity index (χ0) is 17.9. The van der Waals surface area contributed by atoms with Crippen molar-refractivity contribution in [2.45, 2.75) is 25.8 Å². The molecule has 1 N–H and O–H groups in total. The van der Waals surface area contributed by atoms with E-state index in [9.17, 15) is 4.79 Å². The number of hydrogen-bond donors (Lipinski definition) is 1. The van der Waals surface area contributed by atoms with Crippen LogP contribution in [-0.4, -0.2) is 38.3 Å². The normalized spacial score (nSPS) is 17.7. The van der Waals surface area contributed by atoms with Crippen molar-refractivity contribution in [2.24, 2.45) is 0 Å². The van der Waals surface area contributed by atoms with Gasteiger partial charge in [-0.05, 0) is 49.6 Å². The van der Waals surface area contributed by atoms with Gasteiger partial charge in [0.2, 0.25) is 0 Å². The van der Waals surface area contributed by atoms with Crippen LogP contribution >= 0.6 is 0 Å². The van der Waals surface area contributed by atoms with E-state index < -0.39 is 0 Å². The molecule has 2 aliphatic heterocycles. The van der Waals surface area contributed by atoms with E-state index in [4.69, 9.17) is 9.47 Å². The Morgan fingerprint density at radius 2 is 1.96 bits per heavy atom. The number of para-hydroxylation sites is 1. The van der Waals surface area contributed by atoms with E-state index in [1.165, 1.54) is 11.3 Å². The zero-order valence-corrected chi connectivity index (χ0v) is 15.0. The van der Waals surface area contributed by atoms with Crippen molar-refractivity contribution in [1.29, 1.82) is 0 Å². The van der Waals surface area contributed by atoms with Gasteiger partial charge in [-0.1, -0.05) is 18.2 Å². The molecule has 0 radical (unpaired) electrons. The quantitative estimate of drug-likeness (QED) is 0.841. The standard InChI is InChI=1S/C21H24N2O3/c1-15-13-16-5-2-3-6-18(16)23(15)10-4-9-22-21(24)17-7-8-19-20(14-17)26-12-11-25-19/h2-3,5-8,14-15H,4,9-13H2,1H3,(H,22,24)/t15-/m1/s1. The number of nitrogens with one attached hydrogen (secondary N) is 1. The van der Waals surface area contributed by atoms with E-state index >= 15 is 0 Å². The second-order valence-corrected chi connectivity index (χ2v) is 6.84. The van der Waals surface area contributed by atoms with Gasteiger partial charge in [-0.2, -0.15) is 0 Å². The molecule has 0 spiro atoms. The molecule has 5 nitrogen and oxygen atoms in total. The topological polar surface area (TPSA) is 50.8 Å². The number of fused-ring (bicyclic) bond motifs is 2. The molecule has 0 aromatic heterocycles. The molecule has 0 saturated carbocycles. The lowest BCUT2D eigenvalue weighted by Gasteiger charge is -2.25. The molecule has 0 saturated heterocycles. The average molecular weight is 352 g/mol. The molecular formula is C21H24N2O3. The summed E-state index contributed by atoms with van der Waals surface area (Å²) in [5.74, 6) is 1.28. The lowest BCUT2D eigenvalue weighted by molar-refractivity contribution is 0.0952. The molecule has 1 atom stereocenters. The second-order valence-electron chi connectivity index (χ2n) is 6.84. The van der Waals surface area contributed by atoms with E-state index in [2.05, 4.69) is 41.4 Å². The van der Waals surface area contributed by atoms with Gasteiger partial charge in [0, 0.05) is 30.4 Å². The number of amides is 1. The predicted octanol–water partition coefficient (Wildman–Crippen LogP) is 3.03. The Labute approximate surface area is 153 Å². The van der Waals surface area contributed by atoms with Crippen molar-refractivity contribution in [3.8, 4) is 11.5 Å². The van der Waals surface area contributed by atoms with Crippen LogP contribution in [0.25, 0.3) is 0 Å². The zero-order valence-electron chi connectivity index (χ0n) is 15.0. The van der Waals surface area contributed by atoms with Crippen LogP contribution in [-0.2, 0) is 6.42 Å². The molecule has 0 aliphatic carbocycles. The van der Waals surface area contributed by atoms with Gasteiger partial charge in [-0.15, -0.1) is 0 Å². The highest BCUT2D eigenvalue weighted by molar-refractivity contribution is 5.94. The Bertz CT molecular complexity index is 806. The third kappa shape index (κ3) is 3.34. The number of rotatable bonds is 5. The molecule has 2 aromatic carbocycles. The third-order valence-electron chi connectivity index (χ3n) is 5.01. The van der Waals surface area contributed by atoms with E-state index in [0.29, 0.717) is 42.9 Å². The lowest BCUT2D eigenvalue weighted by Crippen LogP contribution is -2.33. The lowest BCUT2D eigenvalue weighted by atomic mass is 10.1. The van der Waals surface area contributed by atoms with Crippen LogP contribution in [0.5, 0.6) is 11.5 Å². The van der Waals surface area contributed by atoms with Crippen molar-refractivity contribution in [1.82, 2.24) is 5.32 Å². The van der Waals surface area contributed by atoms with Gasteiger partial charge in [0.15, 0.2) is 11.5 Å². The number of nitrogens with zero attached hydrogens (tertiary/aromatic N) is 1. The molecule has 2 aromatic rings. The van der Waals surface area contributed by atoms with Crippen LogP contribution in [0.15, 0.2) is 42.5 Å². The molecule has 0 bridgehead atoms. The third-order valence-corrected chi connectivity index (χ3v) is 5.01. The minimum Gasteiger partial charge on any atom is -0.486 e. The molecule has 4 rings (SSSR count). The largest absolute Gasteiger partial charge is 0.486 e. The Morgan fingerprint density at radius 1 is 1.15 bits per heavy atom. The maximum atomic E-state index is 12.4. The van der Waals surface area contributed by atoms with Crippen molar-refractivity contribution in [3.63, 3.8) is 0 Å². The van der Waals surface area contributed by atoms with Crippen LogP contribution in [0, 0.1) is 0 Å². The number of carbonyl (C=O) groups is 1. The van der Waals surface area contributed by atoms with E-state index in [1.807, 2.05) is 0 Å². The summed E-state index contributed by atoms with van der Waals surface area (Å²) >= 11 is 0. The predicted molar refractivity (Wildman–Crippen MR) is 101 cm³/mol. The van der Waals surface area contributed by atoms with Crippen molar-refractivity contribution in [3.05, 3.63) is 53.6 Å². The summed E-state index contributed by atoms with van der Waals surface area (Å²) in [6.45, 7) is 4.93. The molecule has 26 heavy (non-hydrogen) atoms. The Morgan fingerprint density at radius 3 is 2.85 bits per heavy atom. The Balaban J connectivity index is 1.29. The summed E-state index contributed by atoms with van der Waals surface area (Å²) in [5.41, 5.74) is 3.35. The van der Waals surface area contributed by atoms with Gasteiger partial charge >= 0.3 is 0 Å². The summed E-state index contributed by atoms with van der Waals surface area (Å²) in [5, 5.41) is 3.01. The number of anilines is 1. The van der Waals surface area contributed by atoms with Crippen LogP contribution in [0.1, 0.15) is 29.3 Å². The smallest absolute Gasteiger partial charge is 0.251 e. The monoisotopic (exact) mass is 352 g/mol. The molecule has 2 aliphatic rings. The van der Waals surface area contributed by atoms with Crippen molar-refractivity contribution >= 4 is 11.6 Å². The number of benzene rings is 2. The van der Waals surface area contributed by atoms with E-state index in [-0.39, 0.29) is 5.91 Å². The van der Waals surface area contributed by atoms with Gasteiger partial charge < -0.3 is 19.7 Å². The number of hydrogen-bond acceptors (Lipinski definition) is 4. The van der Waals surface area contributed by atoms with Gasteiger partial charge in [0.25, 0.3) is 5.91 Å². The van der Waals surface area contributed by atoms with Crippen LogP contribution in [0.4, 0.5) is 5.69 Å². The highest BCUT2D eigenvalue weighted by Crippen LogP contribution is 2.32. The summed E-state index contributed by atoms with van der Waals surface area (Å²) < 4.78 is 11.0. The minimum atomic E-state index is -0.0724. The van der Waals surface area contributed by atoms with Crippen molar-refractivity contribution in [2.75, 3.05) is 31.2 Å². The molecule has 5 heteroatoms. The SMILES string of the molecule is C[C@@H]1Cc2ccccc2N1CCCNC(=O)c1ccc2c(c1)OCCO2. The fourth-order valence-corrected chi connectivity index (χ4v) is 3.71. The maximum absolute atomic E-state index is 12.4. The molecule has 0 fully saturated rings. The first kappa shape index (κ1) is 16.8. The van der Waals surface area contributed by atoms with Gasteiger partial charge in [-0.25, -0.2) is 0 Å². The van der Waals surface area contributed by atoms with Crippen LogP contribution < -0.4 is 19.7 Å². The van der Waals surface area contributed by atoms with E-state index in [1.54, 1.807) is 18.2 Å². The molecular weight excluding hydrogens is 328 g/mol.